The average Bonchev–Trinajstić information content (AvgIpc) is 2.46. The van der Waals surface area contributed by atoms with Gasteiger partial charge >= 0.3 is 0 Å². The van der Waals surface area contributed by atoms with E-state index in [9.17, 15) is 0 Å². The largest absolute Gasteiger partial charge is 0.497 e. The first-order chi connectivity index (χ1) is 8.76. The third kappa shape index (κ3) is 2.59. The number of aryl methyl sites for hydroxylation is 1. The fraction of sp³-hybridized carbons (Fsp3) is 0.286. The van der Waals surface area contributed by atoms with Crippen molar-refractivity contribution in [2.75, 3.05) is 19.5 Å². The molecule has 0 radical (unpaired) electrons. The molecule has 0 atom stereocenters. The van der Waals surface area contributed by atoms with Gasteiger partial charge in [0.2, 0.25) is 0 Å². The molecule has 94 valence electrons. The van der Waals surface area contributed by atoms with E-state index in [0.717, 1.165) is 35.1 Å². The van der Waals surface area contributed by atoms with Gasteiger partial charge in [-0.05, 0) is 24.3 Å². The molecule has 2 aromatic rings. The highest BCUT2D eigenvalue weighted by Crippen LogP contribution is 2.22. The number of methoxy groups -OCH3 is 1. The molecule has 0 fully saturated rings. The number of hydrogen-bond acceptors (Lipinski definition) is 4. The molecule has 4 heteroatoms. The predicted molar refractivity (Wildman–Crippen MR) is 72.9 cm³/mol. The van der Waals surface area contributed by atoms with Crippen LogP contribution in [0.25, 0.3) is 11.3 Å². The maximum absolute atomic E-state index is 5.15. The minimum Gasteiger partial charge on any atom is -0.497 e. The molecule has 1 aromatic heterocycles. The summed E-state index contributed by atoms with van der Waals surface area (Å²) >= 11 is 0. The summed E-state index contributed by atoms with van der Waals surface area (Å²) in [5.41, 5.74) is 1.98. The van der Waals surface area contributed by atoms with Crippen molar-refractivity contribution in [3.05, 3.63) is 36.2 Å². The Balaban J connectivity index is 2.41. The van der Waals surface area contributed by atoms with Crippen molar-refractivity contribution in [2.45, 2.75) is 13.3 Å². The number of nitrogens with one attached hydrogen (secondary N) is 1. The predicted octanol–water partition coefficient (Wildman–Crippen LogP) is 2.76. The van der Waals surface area contributed by atoms with Gasteiger partial charge in [-0.1, -0.05) is 6.92 Å². The van der Waals surface area contributed by atoms with Crippen LogP contribution >= 0.6 is 0 Å². The molecule has 0 unspecified atom stereocenters. The summed E-state index contributed by atoms with van der Waals surface area (Å²) in [6.07, 6.45) is 0.818. The molecular weight excluding hydrogens is 226 g/mol. The van der Waals surface area contributed by atoms with Gasteiger partial charge in [-0.2, -0.15) is 0 Å². The van der Waals surface area contributed by atoms with Crippen molar-refractivity contribution in [1.29, 1.82) is 0 Å². The number of anilines is 1. The third-order valence-corrected chi connectivity index (χ3v) is 2.73. The van der Waals surface area contributed by atoms with Crippen molar-refractivity contribution in [3.8, 4) is 17.0 Å². The van der Waals surface area contributed by atoms with Crippen molar-refractivity contribution >= 4 is 5.82 Å². The van der Waals surface area contributed by atoms with Gasteiger partial charge in [0.1, 0.15) is 17.4 Å². The minimum absolute atomic E-state index is 0.818. The molecule has 1 heterocycles. The molecule has 4 nitrogen and oxygen atoms in total. The second-order valence-electron chi connectivity index (χ2n) is 3.89. The Bertz CT molecular complexity index is 501. The number of hydrogen-bond donors (Lipinski definition) is 1. The minimum atomic E-state index is 0.818. The standard InChI is InChI=1S/C14H17N3O/c1-4-13-16-12(9-14(15-2)17-13)10-5-7-11(18-3)8-6-10/h5-9H,4H2,1-3H3,(H,15,16,17). The number of rotatable bonds is 4. The van der Waals surface area contributed by atoms with E-state index >= 15 is 0 Å². The molecule has 18 heavy (non-hydrogen) atoms. The number of benzene rings is 1. The SMILES string of the molecule is CCc1nc(NC)cc(-c2ccc(OC)cc2)n1. The van der Waals surface area contributed by atoms with E-state index in [4.69, 9.17) is 4.74 Å². The van der Waals surface area contributed by atoms with Crippen LogP contribution in [-0.4, -0.2) is 24.1 Å². The van der Waals surface area contributed by atoms with Gasteiger partial charge in [0.25, 0.3) is 0 Å². The summed E-state index contributed by atoms with van der Waals surface area (Å²) < 4.78 is 5.15. The summed E-state index contributed by atoms with van der Waals surface area (Å²) in [6, 6.07) is 9.81. The first-order valence-electron chi connectivity index (χ1n) is 5.97. The van der Waals surface area contributed by atoms with Crippen LogP contribution < -0.4 is 10.1 Å². The van der Waals surface area contributed by atoms with Crippen molar-refractivity contribution < 1.29 is 4.74 Å². The van der Waals surface area contributed by atoms with Gasteiger partial charge in [-0.15, -0.1) is 0 Å². The fourth-order valence-electron chi connectivity index (χ4n) is 1.69. The molecule has 1 N–H and O–H groups in total. The maximum atomic E-state index is 5.15. The first kappa shape index (κ1) is 12.4. The van der Waals surface area contributed by atoms with Crippen molar-refractivity contribution in [1.82, 2.24) is 9.97 Å². The molecule has 0 aliphatic rings. The molecule has 1 aromatic carbocycles. The molecular formula is C14H17N3O. The van der Waals surface area contributed by atoms with Crippen LogP contribution in [0, 0.1) is 0 Å². The second-order valence-corrected chi connectivity index (χ2v) is 3.89. The molecule has 0 bridgehead atoms. The highest BCUT2D eigenvalue weighted by atomic mass is 16.5. The molecule has 0 aliphatic heterocycles. The maximum Gasteiger partial charge on any atom is 0.131 e. The average molecular weight is 243 g/mol. The van der Waals surface area contributed by atoms with Crippen LogP contribution in [0.5, 0.6) is 5.75 Å². The Hall–Kier alpha value is -2.10. The highest BCUT2D eigenvalue weighted by Gasteiger charge is 2.05. The Morgan fingerprint density at radius 3 is 2.44 bits per heavy atom. The number of nitrogens with zero attached hydrogens (tertiary/aromatic N) is 2. The van der Waals surface area contributed by atoms with E-state index in [0.29, 0.717) is 0 Å². The molecule has 2 rings (SSSR count). The lowest BCUT2D eigenvalue weighted by molar-refractivity contribution is 0.415. The van der Waals surface area contributed by atoms with E-state index in [-0.39, 0.29) is 0 Å². The lowest BCUT2D eigenvalue weighted by Gasteiger charge is -2.07. The van der Waals surface area contributed by atoms with Crippen LogP contribution in [0.2, 0.25) is 0 Å². The fourth-order valence-corrected chi connectivity index (χ4v) is 1.69. The van der Waals surface area contributed by atoms with E-state index in [1.165, 1.54) is 0 Å². The Labute approximate surface area is 107 Å². The zero-order valence-electron chi connectivity index (χ0n) is 10.9. The second kappa shape index (κ2) is 5.49. The lowest BCUT2D eigenvalue weighted by Crippen LogP contribution is -2.00. The normalized spacial score (nSPS) is 10.2. The van der Waals surface area contributed by atoms with E-state index in [1.54, 1.807) is 7.11 Å². The van der Waals surface area contributed by atoms with Crippen LogP contribution in [0.3, 0.4) is 0 Å². The van der Waals surface area contributed by atoms with Gasteiger partial charge in [0, 0.05) is 25.1 Å². The third-order valence-electron chi connectivity index (χ3n) is 2.73. The van der Waals surface area contributed by atoms with Gasteiger partial charge in [-0.25, -0.2) is 9.97 Å². The van der Waals surface area contributed by atoms with Gasteiger partial charge in [0.05, 0.1) is 12.8 Å². The van der Waals surface area contributed by atoms with Crippen molar-refractivity contribution in [2.24, 2.45) is 0 Å². The lowest BCUT2D eigenvalue weighted by atomic mass is 10.1. The molecule has 0 spiro atoms. The zero-order valence-corrected chi connectivity index (χ0v) is 10.9. The van der Waals surface area contributed by atoms with Crippen LogP contribution in [0.4, 0.5) is 5.82 Å². The molecule has 0 saturated carbocycles. The smallest absolute Gasteiger partial charge is 0.131 e. The van der Waals surface area contributed by atoms with E-state index in [1.807, 2.05) is 44.3 Å². The van der Waals surface area contributed by atoms with Crippen LogP contribution in [0.1, 0.15) is 12.7 Å². The number of aromatic nitrogens is 2. The Morgan fingerprint density at radius 1 is 1.17 bits per heavy atom. The Morgan fingerprint density at radius 2 is 1.89 bits per heavy atom. The highest BCUT2D eigenvalue weighted by molar-refractivity contribution is 5.63. The van der Waals surface area contributed by atoms with Gasteiger partial charge < -0.3 is 10.1 Å². The van der Waals surface area contributed by atoms with Crippen LogP contribution in [-0.2, 0) is 6.42 Å². The van der Waals surface area contributed by atoms with E-state index in [2.05, 4.69) is 15.3 Å². The van der Waals surface area contributed by atoms with Gasteiger partial charge in [-0.3, -0.25) is 0 Å². The van der Waals surface area contributed by atoms with Gasteiger partial charge in [0.15, 0.2) is 0 Å². The summed E-state index contributed by atoms with van der Waals surface area (Å²) in [4.78, 5) is 8.92. The summed E-state index contributed by atoms with van der Waals surface area (Å²) in [5, 5.41) is 3.06. The number of ether oxygens (including phenoxy) is 1. The summed E-state index contributed by atoms with van der Waals surface area (Å²) in [6.45, 7) is 2.05. The van der Waals surface area contributed by atoms with Crippen LogP contribution in [0.15, 0.2) is 30.3 Å². The summed E-state index contributed by atoms with van der Waals surface area (Å²) in [7, 11) is 3.52. The van der Waals surface area contributed by atoms with E-state index < -0.39 is 0 Å². The molecule has 0 aliphatic carbocycles. The molecule has 0 amide bonds. The van der Waals surface area contributed by atoms with Crippen molar-refractivity contribution in [3.63, 3.8) is 0 Å². The topological polar surface area (TPSA) is 47.0 Å². The Kier molecular flexibility index (Phi) is 3.77. The summed E-state index contributed by atoms with van der Waals surface area (Å²) in [5.74, 6) is 2.53. The monoisotopic (exact) mass is 243 g/mol. The first-order valence-corrected chi connectivity index (χ1v) is 5.97. The molecule has 0 saturated heterocycles. The quantitative estimate of drug-likeness (QED) is 0.897. The zero-order chi connectivity index (χ0) is 13.0.